The van der Waals surface area contributed by atoms with E-state index in [1.54, 1.807) is 42.6 Å². The fourth-order valence-electron chi connectivity index (χ4n) is 3.92. The summed E-state index contributed by atoms with van der Waals surface area (Å²) in [6, 6.07) is 12.3. The van der Waals surface area contributed by atoms with Gasteiger partial charge in [0.2, 0.25) is 0 Å². The lowest BCUT2D eigenvalue weighted by atomic mass is 10.0. The average Bonchev–Trinajstić information content (AvgIpc) is 2.96. The van der Waals surface area contributed by atoms with Gasteiger partial charge in [0.25, 0.3) is 0 Å². The van der Waals surface area contributed by atoms with Crippen LogP contribution >= 0.6 is 0 Å². The average molecular weight is 573 g/mol. The van der Waals surface area contributed by atoms with Crippen LogP contribution in [0.4, 0.5) is 35.2 Å². The van der Waals surface area contributed by atoms with Crippen LogP contribution in [-0.4, -0.2) is 31.0 Å². The number of anilines is 3. The van der Waals surface area contributed by atoms with Crippen molar-refractivity contribution in [2.24, 2.45) is 0 Å². The summed E-state index contributed by atoms with van der Waals surface area (Å²) in [4.78, 5) is 32.9. The van der Waals surface area contributed by atoms with Crippen molar-refractivity contribution in [1.29, 1.82) is 0 Å². The molecule has 0 bridgehead atoms. The van der Waals surface area contributed by atoms with E-state index in [4.69, 9.17) is 10.5 Å². The highest BCUT2D eigenvalue weighted by Gasteiger charge is 2.32. The van der Waals surface area contributed by atoms with Gasteiger partial charge in [-0.3, -0.25) is 4.98 Å². The van der Waals surface area contributed by atoms with Gasteiger partial charge in [-0.25, -0.2) is 24.7 Å². The number of nitrogens with zero attached hydrogens (tertiary/aromatic N) is 5. The molecule has 13 heteroatoms. The number of carbonyl (C=O) groups is 1. The van der Waals surface area contributed by atoms with Crippen molar-refractivity contribution in [3.05, 3.63) is 96.3 Å². The number of pyridine rings is 1. The van der Waals surface area contributed by atoms with Gasteiger partial charge in [0.1, 0.15) is 17.9 Å². The highest BCUT2D eigenvalue weighted by molar-refractivity contribution is 6.01. The van der Waals surface area contributed by atoms with Gasteiger partial charge >= 0.3 is 18.2 Å². The lowest BCUT2D eigenvalue weighted by Crippen LogP contribution is -2.21. The number of nitrogen functional groups attached to an aromatic ring is 1. The lowest BCUT2D eigenvalue weighted by molar-refractivity contribution is -0.137. The minimum atomic E-state index is -4.64. The summed E-state index contributed by atoms with van der Waals surface area (Å²) in [6.07, 6.45) is 1.66. The maximum atomic E-state index is 13.4. The maximum Gasteiger partial charge on any atom is 0.417 e. The van der Waals surface area contributed by atoms with Gasteiger partial charge in [-0.05, 0) is 54.8 Å². The Bertz CT molecular complexity index is 1740. The second-order valence-electron chi connectivity index (χ2n) is 9.20. The third-order valence-corrected chi connectivity index (χ3v) is 6.25. The predicted octanol–water partition coefficient (Wildman–Crippen LogP) is 6.65. The molecular formula is C29H23F3N8O2. The summed E-state index contributed by atoms with van der Waals surface area (Å²) in [5, 5.41) is 4.97. The first kappa shape index (κ1) is 28.0. The molecule has 0 aliphatic rings. The van der Waals surface area contributed by atoms with Crippen molar-refractivity contribution in [3.8, 4) is 34.1 Å². The van der Waals surface area contributed by atoms with E-state index in [2.05, 4.69) is 35.6 Å². The predicted molar refractivity (Wildman–Crippen MR) is 151 cm³/mol. The fourth-order valence-corrected chi connectivity index (χ4v) is 3.92. The Morgan fingerprint density at radius 3 is 2.21 bits per heavy atom. The third-order valence-electron chi connectivity index (χ3n) is 6.25. The molecule has 2 aromatic carbocycles. The Labute approximate surface area is 237 Å². The number of nitrogens with one attached hydrogen (secondary N) is 2. The molecule has 0 saturated carbocycles. The molecule has 0 saturated heterocycles. The van der Waals surface area contributed by atoms with E-state index in [0.717, 1.165) is 29.0 Å². The number of halogens is 3. The summed E-state index contributed by atoms with van der Waals surface area (Å²) in [5.41, 5.74) is 9.12. The Kier molecular flexibility index (Phi) is 7.65. The number of rotatable bonds is 6. The Hall–Kier alpha value is -5.59. The topological polar surface area (TPSA) is 141 Å². The van der Waals surface area contributed by atoms with Crippen LogP contribution < -0.4 is 21.1 Å². The molecule has 5 aromatic rings. The minimum Gasteiger partial charge on any atom is -0.424 e. The van der Waals surface area contributed by atoms with E-state index in [0.29, 0.717) is 22.7 Å². The SMILES string of the molecule is Cc1ccc(-c2ncc(C(F)(F)F)cc2NC(=O)Nc2cnc(Oc3ccc(-c4cncnc4N)cc3)nc2)cc1C. The second-order valence-corrected chi connectivity index (χ2v) is 9.20. The van der Waals surface area contributed by atoms with Gasteiger partial charge in [0.15, 0.2) is 0 Å². The monoisotopic (exact) mass is 572 g/mol. The van der Waals surface area contributed by atoms with Crippen LogP contribution in [0, 0.1) is 13.8 Å². The number of aromatic nitrogens is 5. The molecule has 42 heavy (non-hydrogen) atoms. The molecule has 5 rings (SSSR count). The van der Waals surface area contributed by atoms with Crippen molar-refractivity contribution < 1.29 is 22.7 Å². The molecule has 3 aromatic heterocycles. The molecule has 3 heterocycles. The Morgan fingerprint density at radius 2 is 1.55 bits per heavy atom. The van der Waals surface area contributed by atoms with Gasteiger partial charge in [0, 0.05) is 23.5 Å². The number of nitrogens with two attached hydrogens (primary N) is 1. The first-order valence-corrected chi connectivity index (χ1v) is 12.5. The van der Waals surface area contributed by atoms with E-state index < -0.39 is 17.8 Å². The molecule has 0 aliphatic heterocycles. The standard InChI is InChI=1S/C29H23F3N8O2/c1-16-3-4-19(9-17(16)2)25-24(10-20(11-35-25)29(30,31)32)40-27(41)39-21-12-36-28(37-13-21)42-22-7-5-18(6-8-22)23-14-34-15-38-26(23)33/h3-15H,1-2H3,(H2,33,34,38)(H2,39,40,41). The van der Waals surface area contributed by atoms with Crippen LogP contribution in [0.25, 0.3) is 22.4 Å². The molecule has 4 N–H and O–H groups in total. The molecule has 10 nitrogen and oxygen atoms in total. The van der Waals surface area contributed by atoms with Crippen molar-refractivity contribution in [3.63, 3.8) is 0 Å². The maximum absolute atomic E-state index is 13.4. The number of alkyl halides is 3. The number of hydrogen-bond acceptors (Lipinski definition) is 8. The van der Waals surface area contributed by atoms with Crippen molar-refractivity contribution in [2.45, 2.75) is 20.0 Å². The quantitative estimate of drug-likeness (QED) is 0.205. The van der Waals surface area contributed by atoms with E-state index in [1.165, 1.54) is 18.7 Å². The number of aryl methyl sites for hydroxylation is 2. The molecule has 2 amide bonds. The minimum absolute atomic E-state index is 0.00960. The molecular weight excluding hydrogens is 549 g/mol. The Morgan fingerprint density at radius 1 is 0.833 bits per heavy atom. The molecule has 0 aliphatic carbocycles. The second kappa shape index (κ2) is 11.5. The van der Waals surface area contributed by atoms with E-state index in [9.17, 15) is 18.0 Å². The molecule has 0 radical (unpaired) electrons. The summed E-state index contributed by atoms with van der Waals surface area (Å²) >= 11 is 0. The van der Waals surface area contributed by atoms with Crippen LogP contribution in [0.5, 0.6) is 11.8 Å². The van der Waals surface area contributed by atoms with Crippen molar-refractivity contribution in [2.75, 3.05) is 16.4 Å². The van der Waals surface area contributed by atoms with Crippen molar-refractivity contribution >= 4 is 23.2 Å². The zero-order valence-corrected chi connectivity index (χ0v) is 22.3. The Balaban J connectivity index is 1.28. The fraction of sp³-hybridized carbons (Fsp3) is 0.103. The van der Waals surface area contributed by atoms with Gasteiger partial charge in [0.05, 0.1) is 35.0 Å². The van der Waals surface area contributed by atoms with Crippen LogP contribution in [0.15, 0.2) is 79.6 Å². The number of urea groups is 1. The number of carbonyl (C=O) groups excluding carboxylic acids is 1. The van der Waals surface area contributed by atoms with Gasteiger partial charge < -0.3 is 21.1 Å². The molecule has 0 spiro atoms. The highest BCUT2D eigenvalue weighted by Crippen LogP contribution is 2.35. The zero-order chi connectivity index (χ0) is 29.9. The third kappa shape index (κ3) is 6.41. The first-order chi connectivity index (χ1) is 20.1. The molecule has 0 unspecified atom stereocenters. The highest BCUT2D eigenvalue weighted by atomic mass is 19.4. The van der Waals surface area contributed by atoms with Gasteiger partial charge in [-0.1, -0.05) is 24.3 Å². The number of hydrogen-bond donors (Lipinski definition) is 3. The van der Waals surface area contributed by atoms with E-state index in [-0.39, 0.29) is 23.1 Å². The van der Waals surface area contributed by atoms with Gasteiger partial charge in [-0.2, -0.15) is 13.2 Å². The number of benzene rings is 2. The largest absolute Gasteiger partial charge is 0.424 e. The smallest absolute Gasteiger partial charge is 0.417 e. The molecule has 0 fully saturated rings. The van der Waals surface area contributed by atoms with E-state index in [1.807, 2.05) is 19.9 Å². The number of amides is 2. The summed E-state index contributed by atoms with van der Waals surface area (Å²) in [6.45, 7) is 3.79. The molecule has 212 valence electrons. The summed E-state index contributed by atoms with van der Waals surface area (Å²) < 4.78 is 45.9. The van der Waals surface area contributed by atoms with Crippen molar-refractivity contribution in [1.82, 2.24) is 24.9 Å². The van der Waals surface area contributed by atoms with Gasteiger partial charge in [-0.15, -0.1) is 0 Å². The van der Waals surface area contributed by atoms with Crippen LogP contribution in [0.3, 0.4) is 0 Å². The van der Waals surface area contributed by atoms with Crippen LogP contribution in [0.1, 0.15) is 16.7 Å². The van der Waals surface area contributed by atoms with Crippen LogP contribution in [0.2, 0.25) is 0 Å². The normalized spacial score (nSPS) is 11.2. The number of ether oxygens (including phenoxy) is 1. The summed E-state index contributed by atoms with van der Waals surface area (Å²) in [5.74, 6) is 0.795. The zero-order valence-electron chi connectivity index (χ0n) is 22.3. The summed E-state index contributed by atoms with van der Waals surface area (Å²) in [7, 11) is 0. The molecule has 0 atom stereocenters. The first-order valence-electron chi connectivity index (χ1n) is 12.5. The van der Waals surface area contributed by atoms with E-state index >= 15 is 0 Å². The van der Waals surface area contributed by atoms with Crippen LogP contribution in [-0.2, 0) is 6.18 Å². The lowest BCUT2D eigenvalue weighted by Gasteiger charge is -2.15.